The van der Waals surface area contributed by atoms with Crippen LogP contribution in [-0.4, -0.2) is 14.7 Å². The van der Waals surface area contributed by atoms with Crippen molar-refractivity contribution in [3.8, 4) is 6.07 Å². The predicted octanol–water partition coefficient (Wildman–Crippen LogP) is 2.81. The molecule has 0 bridgehead atoms. The summed E-state index contributed by atoms with van der Waals surface area (Å²) in [6.07, 6.45) is 0. The number of nitriles is 1. The highest BCUT2D eigenvalue weighted by atomic mass is 32.2. The van der Waals surface area contributed by atoms with Gasteiger partial charge in [-0.15, -0.1) is 0 Å². The zero-order valence-corrected chi connectivity index (χ0v) is 12.0. The Bertz CT molecular complexity index is 865. The molecule has 0 radical (unpaired) electrons. The fraction of sp³-hybridized carbons (Fsp3) is 0. The van der Waals surface area contributed by atoms with Crippen molar-refractivity contribution < 1.29 is 26.7 Å². The lowest BCUT2D eigenvalue weighted by atomic mass is 10.1. The molecule has 9 heteroatoms. The van der Waals surface area contributed by atoms with E-state index < -0.39 is 44.9 Å². The van der Waals surface area contributed by atoms with Crippen molar-refractivity contribution in [3.63, 3.8) is 0 Å². The number of nitrogens with zero attached hydrogens (tertiary/aromatic N) is 1. The van der Waals surface area contributed by atoms with E-state index in [1.807, 2.05) is 0 Å². The number of hydrogen-bond acceptors (Lipinski definition) is 3. The van der Waals surface area contributed by atoms with Crippen LogP contribution >= 0.6 is 0 Å². The molecule has 1 unspecified atom stereocenters. The smallest absolute Gasteiger partial charge is 0.261 e. The molecule has 0 spiro atoms. The molecule has 0 aliphatic carbocycles. The van der Waals surface area contributed by atoms with Crippen LogP contribution in [0.2, 0.25) is 0 Å². The van der Waals surface area contributed by atoms with Crippen molar-refractivity contribution in [2.75, 3.05) is 5.32 Å². The molecule has 0 heterocycles. The number of rotatable bonds is 3. The molecule has 23 heavy (non-hydrogen) atoms. The van der Waals surface area contributed by atoms with E-state index in [-0.39, 0.29) is 11.3 Å². The molecule has 5 nitrogen and oxygen atoms in total. The van der Waals surface area contributed by atoms with Crippen LogP contribution in [0, 0.1) is 28.8 Å². The van der Waals surface area contributed by atoms with Crippen molar-refractivity contribution in [2.45, 2.75) is 4.90 Å². The lowest BCUT2D eigenvalue weighted by Gasteiger charge is -2.09. The number of carbonyl (C=O) groups is 1. The minimum absolute atomic E-state index is 0.0673. The maximum Gasteiger partial charge on any atom is 0.261 e. The zero-order chi connectivity index (χ0) is 17.1. The Labute approximate surface area is 130 Å². The van der Waals surface area contributed by atoms with Crippen LogP contribution in [0.1, 0.15) is 15.9 Å². The molecule has 0 saturated heterocycles. The van der Waals surface area contributed by atoms with E-state index in [0.29, 0.717) is 6.07 Å². The maximum atomic E-state index is 14.0. The molecule has 0 aliphatic heterocycles. The van der Waals surface area contributed by atoms with E-state index in [0.717, 1.165) is 24.3 Å². The van der Waals surface area contributed by atoms with Crippen LogP contribution in [0.5, 0.6) is 0 Å². The highest BCUT2D eigenvalue weighted by molar-refractivity contribution is 7.79. The second-order valence-corrected chi connectivity index (χ2v) is 5.18. The summed E-state index contributed by atoms with van der Waals surface area (Å²) in [6.45, 7) is 0. The first-order valence-electron chi connectivity index (χ1n) is 5.95. The van der Waals surface area contributed by atoms with Gasteiger partial charge in [-0.2, -0.15) is 5.26 Å². The van der Waals surface area contributed by atoms with Gasteiger partial charge >= 0.3 is 0 Å². The summed E-state index contributed by atoms with van der Waals surface area (Å²) in [5, 5.41) is 10.8. The van der Waals surface area contributed by atoms with Gasteiger partial charge in [0.1, 0.15) is 28.2 Å². The zero-order valence-electron chi connectivity index (χ0n) is 11.1. The standard InChI is InChI=1S/C14H7F3N2O3S/c15-9-2-1-8(5-7(9)6-18)19-14(20)12-10(16)3-4-11(13(12)17)23(21)22/h1-5H,(H,19,20)(H,21,22). The second-order valence-electron chi connectivity index (χ2n) is 4.24. The predicted molar refractivity (Wildman–Crippen MR) is 74.5 cm³/mol. The van der Waals surface area contributed by atoms with Crippen molar-refractivity contribution in [2.24, 2.45) is 0 Å². The van der Waals surface area contributed by atoms with Gasteiger partial charge in [0.15, 0.2) is 16.9 Å². The molecule has 2 aromatic rings. The number of anilines is 1. The number of nitrogens with one attached hydrogen (secondary N) is 1. The molecule has 0 saturated carbocycles. The number of benzene rings is 2. The first-order chi connectivity index (χ1) is 10.8. The second kappa shape index (κ2) is 6.60. The van der Waals surface area contributed by atoms with E-state index in [2.05, 4.69) is 5.32 Å². The highest BCUT2D eigenvalue weighted by Gasteiger charge is 2.23. The molecule has 2 aromatic carbocycles. The number of amides is 1. The van der Waals surface area contributed by atoms with Gasteiger partial charge < -0.3 is 9.87 Å². The molecule has 0 aliphatic rings. The highest BCUT2D eigenvalue weighted by Crippen LogP contribution is 2.21. The Balaban J connectivity index is 2.41. The summed E-state index contributed by atoms with van der Waals surface area (Å²) >= 11 is -2.74. The summed E-state index contributed by atoms with van der Waals surface area (Å²) in [4.78, 5) is 11.2. The van der Waals surface area contributed by atoms with Crippen LogP contribution in [0.15, 0.2) is 35.2 Å². The van der Waals surface area contributed by atoms with Gasteiger partial charge in [-0.25, -0.2) is 17.4 Å². The molecule has 0 aromatic heterocycles. The third-order valence-corrected chi connectivity index (χ3v) is 3.51. The Hall–Kier alpha value is -2.70. The SMILES string of the molecule is N#Cc1cc(NC(=O)c2c(F)ccc(S(=O)O)c2F)ccc1F. The lowest BCUT2D eigenvalue weighted by molar-refractivity contribution is 0.101. The first kappa shape index (κ1) is 16.7. The van der Waals surface area contributed by atoms with Gasteiger partial charge in [-0.1, -0.05) is 0 Å². The third-order valence-electron chi connectivity index (χ3n) is 2.82. The average molecular weight is 340 g/mol. The van der Waals surface area contributed by atoms with Gasteiger partial charge in [0.2, 0.25) is 0 Å². The first-order valence-corrected chi connectivity index (χ1v) is 7.05. The van der Waals surface area contributed by atoms with Crippen molar-refractivity contribution in [1.29, 1.82) is 5.26 Å². The van der Waals surface area contributed by atoms with Crippen molar-refractivity contribution in [1.82, 2.24) is 0 Å². The van der Waals surface area contributed by atoms with Gasteiger partial charge in [0.25, 0.3) is 5.91 Å². The van der Waals surface area contributed by atoms with E-state index in [1.165, 1.54) is 0 Å². The van der Waals surface area contributed by atoms with E-state index in [9.17, 15) is 22.2 Å². The number of carbonyl (C=O) groups excluding carboxylic acids is 1. The quantitative estimate of drug-likeness (QED) is 0.841. The van der Waals surface area contributed by atoms with E-state index in [4.69, 9.17) is 9.81 Å². The monoisotopic (exact) mass is 340 g/mol. The number of halogens is 3. The topological polar surface area (TPSA) is 90.2 Å². The summed E-state index contributed by atoms with van der Waals surface area (Å²) < 4.78 is 60.6. The van der Waals surface area contributed by atoms with Crippen LogP contribution in [0.25, 0.3) is 0 Å². The molecule has 1 atom stereocenters. The fourth-order valence-electron chi connectivity index (χ4n) is 1.76. The molecule has 2 N–H and O–H groups in total. The van der Waals surface area contributed by atoms with Crippen LogP contribution in [0.3, 0.4) is 0 Å². The van der Waals surface area contributed by atoms with Crippen molar-refractivity contribution >= 4 is 22.7 Å². The summed E-state index contributed by atoms with van der Waals surface area (Å²) in [5.74, 6) is -4.79. The minimum Gasteiger partial charge on any atom is -0.322 e. The maximum absolute atomic E-state index is 14.0. The van der Waals surface area contributed by atoms with Crippen LogP contribution in [-0.2, 0) is 11.1 Å². The molecule has 0 fully saturated rings. The number of hydrogen-bond donors (Lipinski definition) is 2. The van der Waals surface area contributed by atoms with Gasteiger partial charge in [0.05, 0.1) is 5.56 Å². The Morgan fingerprint density at radius 1 is 1.17 bits per heavy atom. The normalized spacial score (nSPS) is 11.6. The van der Waals surface area contributed by atoms with E-state index >= 15 is 0 Å². The van der Waals surface area contributed by atoms with Gasteiger partial charge in [-0.05, 0) is 30.3 Å². The van der Waals surface area contributed by atoms with E-state index in [1.54, 1.807) is 6.07 Å². The van der Waals surface area contributed by atoms with Crippen LogP contribution in [0.4, 0.5) is 18.9 Å². The molecule has 1 amide bonds. The summed E-state index contributed by atoms with van der Waals surface area (Å²) in [6, 6.07) is 5.94. The fourth-order valence-corrected chi connectivity index (χ4v) is 2.20. The minimum atomic E-state index is -2.74. The van der Waals surface area contributed by atoms with Crippen LogP contribution < -0.4 is 5.32 Å². The summed E-state index contributed by atoms with van der Waals surface area (Å²) in [5.41, 5.74) is -1.50. The Kier molecular flexibility index (Phi) is 4.78. The third kappa shape index (κ3) is 3.39. The van der Waals surface area contributed by atoms with Gasteiger partial charge in [-0.3, -0.25) is 4.79 Å². The van der Waals surface area contributed by atoms with Gasteiger partial charge in [0, 0.05) is 5.69 Å². The Morgan fingerprint density at radius 2 is 1.83 bits per heavy atom. The largest absolute Gasteiger partial charge is 0.322 e. The summed E-state index contributed by atoms with van der Waals surface area (Å²) in [7, 11) is 0. The van der Waals surface area contributed by atoms with Crippen molar-refractivity contribution in [3.05, 3.63) is 58.9 Å². The lowest BCUT2D eigenvalue weighted by Crippen LogP contribution is -2.17. The molecular formula is C14H7F3N2O3S. The average Bonchev–Trinajstić information content (AvgIpc) is 2.48. The molecule has 118 valence electrons. The molecule has 2 rings (SSSR count). The molecular weight excluding hydrogens is 333 g/mol. The Morgan fingerprint density at radius 3 is 2.43 bits per heavy atom.